The molecule has 0 radical (unpaired) electrons. The Morgan fingerprint density at radius 2 is 1.95 bits per heavy atom. The third-order valence-electron chi connectivity index (χ3n) is 2.62. The molecule has 0 bridgehead atoms. The van der Waals surface area contributed by atoms with Crippen LogP contribution in [0.4, 0.5) is 0 Å². The number of carbonyl (C=O) groups is 4. The summed E-state index contributed by atoms with van der Waals surface area (Å²) < 4.78 is 0. The molecule has 0 saturated carbocycles. The van der Waals surface area contributed by atoms with Crippen LogP contribution in [0.25, 0.3) is 0 Å². The van der Waals surface area contributed by atoms with Crippen molar-refractivity contribution in [1.82, 2.24) is 16.0 Å². The predicted molar refractivity (Wildman–Crippen MR) is 76.6 cm³/mol. The van der Waals surface area contributed by atoms with E-state index in [1.165, 1.54) is 19.5 Å². The Hall–Kier alpha value is -2.78. The zero-order valence-electron chi connectivity index (χ0n) is 11.9. The molecule has 10 heteroatoms. The van der Waals surface area contributed by atoms with Gasteiger partial charge in [0.15, 0.2) is 0 Å². The highest BCUT2D eigenvalue weighted by atomic mass is 16.4. The van der Waals surface area contributed by atoms with Crippen LogP contribution in [0.15, 0.2) is 9.98 Å². The lowest BCUT2D eigenvalue weighted by molar-refractivity contribution is -0.138. The summed E-state index contributed by atoms with van der Waals surface area (Å²) in [4.78, 5) is 52.6. The fourth-order valence-electron chi connectivity index (χ4n) is 1.63. The van der Waals surface area contributed by atoms with Crippen LogP contribution in [0.1, 0.15) is 13.3 Å². The number of carboxylic acid groups (broad SMARTS) is 1. The first-order valence-electron chi connectivity index (χ1n) is 6.46. The number of aliphatic carboxylic acids is 1. The minimum Gasteiger partial charge on any atom is -0.480 e. The summed E-state index contributed by atoms with van der Waals surface area (Å²) in [6.45, 7) is 0.424. The SMILES string of the molecule is CC(=O)NCC(=O)N[C@@H](C[C@H]1C=NC=N1)C(=O)NCC(=O)O. The standard InChI is InChI=1S/C12H17N5O5/c1-7(18)14-4-10(19)17-9(2-8-3-13-6-16-8)12(22)15-5-11(20)21/h3,6,8-9H,2,4-5H2,1H3,(H,14,18)(H,15,22)(H,17,19)(H,20,21)/t8-,9-/m0/s1. The Morgan fingerprint density at radius 1 is 1.23 bits per heavy atom. The number of rotatable bonds is 8. The second kappa shape index (κ2) is 8.49. The van der Waals surface area contributed by atoms with Gasteiger partial charge in [-0.2, -0.15) is 0 Å². The Kier molecular flexibility index (Phi) is 6.67. The van der Waals surface area contributed by atoms with Gasteiger partial charge in [0, 0.05) is 19.6 Å². The first-order chi connectivity index (χ1) is 10.4. The number of aliphatic imine (C=N–C) groups is 2. The van der Waals surface area contributed by atoms with E-state index in [9.17, 15) is 19.2 Å². The fourth-order valence-corrected chi connectivity index (χ4v) is 1.63. The highest BCUT2D eigenvalue weighted by Gasteiger charge is 2.25. The van der Waals surface area contributed by atoms with Gasteiger partial charge in [-0.25, -0.2) is 4.99 Å². The van der Waals surface area contributed by atoms with Crippen molar-refractivity contribution in [3.05, 3.63) is 0 Å². The minimum atomic E-state index is -1.20. The largest absolute Gasteiger partial charge is 0.480 e. The van der Waals surface area contributed by atoms with Crippen LogP contribution in [0.2, 0.25) is 0 Å². The van der Waals surface area contributed by atoms with Crippen LogP contribution in [0.3, 0.4) is 0 Å². The molecule has 22 heavy (non-hydrogen) atoms. The monoisotopic (exact) mass is 311 g/mol. The number of hydrogen-bond donors (Lipinski definition) is 4. The smallest absolute Gasteiger partial charge is 0.322 e. The first-order valence-corrected chi connectivity index (χ1v) is 6.46. The van der Waals surface area contributed by atoms with Crippen molar-refractivity contribution in [3.8, 4) is 0 Å². The molecule has 2 atom stereocenters. The number of nitrogens with zero attached hydrogens (tertiary/aromatic N) is 2. The minimum absolute atomic E-state index is 0.136. The first kappa shape index (κ1) is 17.3. The van der Waals surface area contributed by atoms with Gasteiger partial charge in [-0.3, -0.25) is 24.2 Å². The van der Waals surface area contributed by atoms with Gasteiger partial charge in [0.25, 0.3) is 0 Å². The molecule has 4 N–H and O–H groups in total. The maximum absolute atomic E-state index is 11.9. The topological polar surface area (TPSA) is 149 Å². The third-order valence-corrected chi connectivity index (χ3v) is 2.62. The average molecular weight is 311 g/mol. The predicted octanol–water partition coefficient (Wildman–Crippen LogP) is -2.32. The molecular weight excluding hydrogens is 294 g/mol. The van der Waals surface area contributed by atoms with Gasteiger partial charge in [0.1, 0.15) is 18.9 Å². The van der Waals surface area contributed by atoms with E-state index in [4.69, 9.17) is 5.11 Å². The summed E-state index contributed by atoms with van der Waals surface area (Å²) in [6, 6.07) is -1.35. The van der Waals surface area contributed by atoms with E-state index in [1.807, 2.05) is 0 Å². The molecule has 0 saturated heterocycles. The van der Waals surface area contributed by atoms with Gasteiger partial charge in [-0.15, -0.1) is 0 Å². The Balaban J connectivity index is 2.59. The van der Waals surface area contributed by atoms with Gasteiger partial charge in [0.05, 0.1) is 12.6 Å². The second-order valence-electron chi connectivity index (χ2n) is 4.51. The molecule has 0 spiro atoms. The fraction of sp³-hybridized carbons (Fsp3) is 0.500. The summed E-state index contributed by atoms with van der Waals surface area (Å²) in [7, 11) is 0. The van der Waals surface area contributed by atoms with Gasteiger partial charge < -0.3 is 21.1 Å². The summed E-state index contributed by atoms with van der Waals surface area (Å²) >= 11 is 0. The van der Waals surface area contributed by atoms with E-state index in [1.54, 1.807) is 0 Å². The second-order valence-corrected chi connectivity index (χ2v) is 4.51. The van der Waals surface area contributed by atoms with E-state index in [-0.39, 0.29) is 24.9 Å². The molecule has 10 nitrogen and oxygen atoms in total. The van der Waals surface area contributed by atoms with Crippen molar-refractivity contribution in [2.24, 2.45) is 9.98 Å². The molecule has 0 fully saturated rings. The summed E-state index contributed by atoms with van der Waals surface area (Å²) in [5.74, 6) is -2.79. The Morgan fingerprint density at radius 3 is 2.50 bits per heavy atom. The van der Waals surface area contributed by atoms with Gasteiger partial charge in [-0.05, 0) is 0 Å². The maximum Gasteiger partial charge on any atom is 0.322 e. The van der Waals surface area contributed by atoms with E-state index < -0.39 is 30.4 Å². The normalized spacial score (nSPS) is 16.9. The average Bonchev–Trinajstić information content (AvgIpc) is 2.94. The quantitative estimate of drug-likeness (QED) is 0.397. The van der Waals surface area contributed by atoms with E-state index >= 15 is 0 Å². The highest BCUT2D eigenvalue weighted by Crippen LogP contribution is 2.04. The Bertz CT molecular complexity index is 504. The highest BCUT2D eigenvalue weighted by molar-refractivity contribution is 5.92. The molecule has 3 amide bonds. The van der Waals surface area contributed by atoms with E-state index in [2.05, 4.69) is 25.9 Å². The number of amides is 3. The van der Waals surface area contributed by atoms with Crippen molar-refractivity contribution >= 4 is 36.2 Å². The summed E-state index contributed by atoms with van der Waals surface area (Å²) in [5.41, 5.74) is 0. The molecular formula is C12H17N5O5. The van der Waals surface area contributed by atoms with E-state index in [0.717, 1.165) is 0 Å². The van der Waals surface area contributed by atoms with Crippen LogP contribution in [0.5, 0.6) is 0 Å². The molecule has 0 aromatic rings. The van der Waals surface area contributed by atoms with Crippen molar-refractivity contribution in [3.63, 3.8) is 0 Å². The molecule has 1 rings (SSSR count). The molecule has 0 unspecified atom stereocenters. The van der Waals surface area contributed by atoms with Crippen LogP contribution >= 0.6 is 0 Å². The van der Waals surface area contributed by atoms with Crippen molar-refractivity contribution in [2.45, 2.75) is 25.4 Å². The molecule has 0 aromatic carbocycles. The van der Waals surface area contributed by atoms with Crippen LogP contribution in [0, 0.1) is 0 Å². The molecule has 1 aliphatic heterocycles. The van der Waals surface area contributed by atoms with E-state index in [0.29, 0.717) is 0 Å². The Labute approximate surface area is 126 Å². The van der Waals surface area contributed by atoms with Crippen molar-refractivity contribution < 1.29 is 24.3 Å². The number of nitrogens with one attached hydrogen (secondary N) is 3. The third kappa shape index (κ3) is 6.59. The van der Waals surface area contributed by atoms with Gasteiger partial charge in [-0.1, -0.05) is 0 Å². The van der Waals surface area contributed by atoms with Crippen LogP contribution < -0.4 is 16.0 Å². The van der Waals surface area contributed by atoms with Gasteiger partial charge >= 0.3 is 5.97 Å². The van der Waals surface area contributed by atoms with Crippen molar-refractivity contribution in [2.75, 3.05) is 13.1 Å². The lowest BCUT2D eigenvalue weighted by Crippen LogP contribution is -2.51. The maximum atomic E-state index is 11.9. The molecule has 120 valence electrons. The molecule has 0 aromatic heterocycles. The van der Waals surface area contributed by atoms with Crippen LogP contribution in [-0.4, -0.2) is 66.5 Å². The number of carboxylic acids is 1. The number of hydrogen-bond acceptors (Lipinski definition) is 6. The zero-order valence-corrected chi connectivity index (χ0v) is 11.9. The molecule has 0 aliphatic carbocycles. The lowest BCUT2D eigenvalue weighted by Gasteiger charge is -2.19. The molecule has 1 heterocycles. The zero-order chi connectivity index (χ0) is 16.5. The lowest BCUT2D eigenvalue weighted by atomic mass is 10.1. The summed E-state index contributed by atoms with van der Waals surface area (Å²) in [6.07, 6.45) is 2.98. The number of carbonyl (C=O) groups excluding carboxylic acids is 3. The molecule has 1 aliphatic rings. The van der Waals surface area contributed by atoms with Crippen molar-refractivity contribution in [1.29, 1.82) is 0 Å². The summed E-state index contributed by atoms with van der Waals surface area (Å²) in [5, 5.41) is 15.5. The van der Waals surface area contributed by atoms with Gasteiger partial charge in [0.2, 0.25) is 17.7 Å². The van der Waals surface area contributed by atoms with Crippen LogP contribution in [-0.2, 0) is 19.2 Å².